The van der Waals surface area contributed by atoms with Crippen molar-refractivity contribution in [2.75, 3.05) is 11.1 Å². The monoisotopic (exact) mass is 368 g/mol. The summed E-state index contributed by atoms with van der Waals surface area (Å²) in [4.78, 5) is 12.6. The minimum atomic E-state index is -3.40. The van der Waals surface area contributed by atoms with Gasteiger partial charge in [0.15, 0.2) is 9.84 Å². The fraction of sp³-hybridized carbons (Fsp3) is 0.300. The summed E-state index contributed by atoms with van der Waals surface area (Å²) in [5.41, 5.74) is 1.35. The molecular weight excluding hydrogens is 348 g/mol. The van der Waals surface area contributed by atoms with Crippen LogP contribution in [0.2, 0.25) is 0 Å². The van der Waals surface area contributed by atoms with Gasteiger partial charge >= 0.3 is 0 Å². The largest absolute Gasteiger partial charge is 0.322 e. The van der Waals surface area contributed by atoms with E-state index < -0.39 is 9.84 Å². The van der Waals surface area contributed by atoms with E-state index in [1.165, 1.54) is 6.07 Å². The van der Waals surface area contributed by atoms with Gasteiger partial charge in [0.25, 0.3) is 5.91 Å². The fourth-order valence-electron chi connectivity index (χ4n) is 3.25. The van der Waals surface area contributed by atoms with Gasteiger partial charge in [-0.3, -0.25) is 4.79 Å². The van der Waals surface area contributed by atoms with Crippen molar-refractivity contribution in [2.45, 2.75) is 30.6 Å². The molecule has 1 aliphatic carbocycles. The molecule has 26 heavy (non-hydrogen) atoms. The van der Waals surface area contributed by atoms with Crippen LogP contribution in [0.15, 0.2) is 53.4 Å². The van der Waals surface area contributed by atoms with Crippen molar-refractivity contribution in [3.63, 3.8) is 0 Å². The van der Waals surface area contributed by atoms with Gasteiger partial charge in [-0.05, 0) is 61.2 Å². The number of carbonyl (C=O) groups is 1. The summed E-state index contributed by atoms with van der Waals surface area (Å²) in [6.07, 6.45) is 4.09. The van der Waals surface area contributed by atoms with Gasteiger partial charge in [-0.2, -0.15) is 5.26 Å². The molecular formula is C20H20N2O3S. The normalized spacial score (nSPS) is 14.7. The predicted molar refractivity (Wildman–Crippen MR) is 99.6 cm³/mol. The number of nitriles is 1. The van der Waals surface area contributed by atoms with Crippen LogP contribution in [0.4, 0.5) is 5.69 Å². The SMILES string of the molecule is N#Cc1ccc(NC(=O)c2cccc(S(=O)(=O)CC3CCCC3)c2)cc1. The highest BCUT2D eigenvalue weighted by Crippen LogP contribution is 2.28. The first-order valence-electron chi connectivity index (χ1n) is 8.62. The maximum Gasteiger partial charge on any atom is 0.255 e. The van der Waals surface area contributed by atoms with Gasteiger partial charge in [0.05, 0.1) is 22.3 Å². The highest BCUT2D eigenvalue weighted by molar-refractivity contribution is 7.91. The summed E-state index contributed by atoms with van der Waals surface area (Å²) >= 11 is 0. The second-order valence-electron chi connectivity index (χ2n) is 6.60. The summed E-state index contributed by atoms with van der Waals surface area (Å²) in [7, 11) is -3.40. The van der Waals surface area contributed by atoms with Crippen LogP contribution >= 0.6 is 0 Å². The van der Waals surface area contributed by atoms with E-state index in [4.69, 9.17) is 5.26 Å². The van der Waals surface area contributed by atoms with Crippen LogP contribution in [-0.4, -0.2) is 20.1 Å². The Bertz CT molecular complexity index is 938. The van der Waals surface area contributed by atoms with Crippen LogP contribution in [0.25, 0.3) is 0 Å². The highest BCUT2D eigenvalue weighted by atomic mass is 32.2. The molecule has 0 unspecified atom stereocenters. The molecule has 0 saturated heterocycles. The molecule has 0 spiro atoms. The van der Waals surface area contributed by atoms with Crippen LogP contribution < -0.4 is 5.32 Å². The van der Waals surface area contributed by atoms with Crippen molar-refractivity contribution in [2.24, 2.45) is 5.92 Å². The molecule has 1 saturated carbocycles. The molecule has 1 N–H and O–H groups in total. The minimum absolute atomic E-state index is 0.147. The first kappa shape index (κ1) is 18.2. The zero-order valence-corrected chi connectivity index (χ0v) is 15.1. The smallest absolute Gasteiger partial charge is 0.255 e. The lowest BCUT2D eigenvalue weighted by Crippen LogP contribution is -2.16. The Kier molecular flexibility index (Phi) is 5.38. The molecule has 2 aromatic rings. The van der Waals surface area contributed by atoms with Crippen LogP contribution in [0, 0.1) is 17.2 Å². The summed E-state index contributed by atoms with van der Waals surface area (Å²) in [6, 6.07) is 14.7. The average molecular weight is 368 g/mol. The van der Waals surface area contributed by atoms with Crippen molar-refractivity contribution < 1.29 is 13.2 Å². The summed E-state index contributed by atoms with van der Waals surface area (Å²) in [6.45, 7) is 0. The van der Waals surface area contributed by atoms with Crippen molar-refractivity contribution in [1.82, 2.24) is 0 Å². The number of hydrogen-bond acceptors (Lipinski definition) is 4. The lowest BCUT2D eigenvalue weighted by Gasteiger charge is -2.11. The van der Waals surface area contributed by atoms with E-state index in [0.29, 0.717) is 16.8 Å². The Morgan fingerprint density at radius 2 is 1.81 bits per heavy atom. The van der Waals surface area contributed by atoms with Crippen LogP contribution in [-0.2, 0) is 9.84 Å². The molecule has 0 aromatic heterocycles. The van der Waals surface area contributed by atoms with Crippen LogP contribution in [0.3, 0.4) is 0 Å². The molecule has 0 heterocycles. The average Bonchev–Trinajstić information content (AvgIpc) is 3.15. The lowest BCUT2D eigenvalue weighted by atomic mass is 10.1. The standard InChI is InChI=1S/C20H20N2O3S/c21-13-15-8-10-18(11-9-15)22-20(23)17-6-3-7-19(12-17)26(24,25)14-16-4-1-2-5-16/h3,6-12,16H,1-2,4-5,14H2,(H,22,23). The van der Waals surface area contributed by atoms with Gasteiger partial charge in [0, 0.05) is 11.3 Å². The van der Waals surface area contributed by atoms with E-state index in [-0.39, 0.29) is 22.5 Å². The van der Waals surface area contributed by atoms with Gasteiger partial charge in [-0.25, -0.2) is 8.42 Å². The Morgan fingerprint density at radius 1 is 1.12 bits per heavy atom. The first-order chi connectivity index (χ1) is 12.5. The van der Waals surface area contributed by atoms with Gasteiger partial charge in [0.1, 0.15) is 0 Å². The van der Waals surface area contributed by atoms with E-state index in [0.717, 1.165) is 25.7 Å². The number of amides is 1. The second-order valence-corrected chi connectivity index (χ2v) is 8.64. The van der Waals surface area contributed by atoms with Gasteiger partial charge in [-0.1, -0.05) is 18.9 Å². The predicted octanol–water partition coefficient (Wildman–Crippen LogP) is 3.77. The van der Waals surface area contributed by atoms with Crippen molar-refractivity contribution in [1.29, 1.82) is 5.26 Å². The third-order valence-electron chi connectivity index (χ3n) is 4.66. The number of hydrogen-bond donors (Lipinski definition) is 1. The van der Waals surface area contributed by atoms with Crippen molar-refractivity contribution >= 4 is 21.4 Å². The molecule has 0 atom stereocenters. The molecule has 6 heteroatoms. The zero-order valence-electron chi connectivity index (χ0n) is 14.3. The molecule has 3 rings (SSSR count). The Balaban J connectivity index is 1.75. The number of anilines is 1. The zero-order chi connectivity index (χ0) is 18.6. The van der Waals surface area contributed by atoms with Crippen molar-refractivity contribution in [3.8, 4) is 6.07 Å². The molecule has 134 valence electrons. The molecule has 1 amide bonds. The Hall–Kier alpha value is -2.65. The maximum absolute atomic E-state index is 12.6. The third-order valence-corrected chi connectivity index (χ3v) is 6.54. The summed E-state index contributed by atoms with van der Waals surface area (Å²) < 4.78 is 25.3. The van der Waals surface area contributed by atoms with Crippen LogP contribution in [0.1, 0.15) is 41.6 Å². The second kappa shape index (κ2) is 7.71. The number of sulfone groups is 1. The maximum atomic E-state index is 12.6. The molecule has 1 aliphatic rings. The number of benzene rings is 2. The molecule has 2 aromatic carbocycles. The van der Waals surface area contributed by atoms with Crippen LogP contribution in [0.5, 0.6) is 0 Å². The van der Waals surface area contributed by atoms with E-state index in [1.54, 1.807) is 42.5 Å². The number of rotatable bonds is 5. The van der Waals surface area contributed by atoms with Gasteiger partial charge in [0.2, 0.25) is 0 Å². The number of carbonyl (C=O) groups excluding carboxylic acids is 1. The topological polar surface area (TPSA) is 87.0 Å². The summed E-state index contributed by atoms with van der Waals surface area (Å²) in [5, 5.41) is 11.5. The molecule has 0 aliphatic heterocycles. The Labute approximate surface area is 153 Å². The van der Waals surface area contributed by atoms with Gasteiger partial charge < -0.3 is 5.32 Å². The van der Waals surface area contributed by atoms with E-state index in [9.17, 15) is 13.2 Å². The molecule has 1 fully saturated rings. The molecule has 5 nitrogen and oxygen atoms in total. The minimum Gasteiger partial charge on any atom is -0.322 e. The van der Waals surface area contributed by atoms with E-state index >= 15 is 0 Å². The number of nitrogens with one attached hydrogen (secondary N) is 1. The van der Waals surface area contributed by atoms with Gasteiger partial charge in [-0.15, -0.1) is 0 Å². The molecule has 0 radical (unpaired) electrons. The summed E-state index contributed by atoms with van der Waals surface area (Å²) in [5.74, 6) is -0.0167. The third kappa shape index (κ3) is 4.30. The molecule has 0 bridgehead atoms. The Morgan fingerprint density at radius 3 is 2.46 bits per heavy atom. The van der Waals surface area contributed by atoms with E-state index in [2.05, 4.69) is 5.32 Å². The van der Waals surface area contributed by atoms with Crippen molar-refractivity contribution in [3.05, 3.63) is 59.7 Å². The fourth-order valence-corrected chi connectivity index (χ4v) is 4.98. The van der Waals surface area contributed by atoms with E-state index in [1.807, 2.05) is 6.07 Å². The lowest BCUT2D eigenvalue weighted by molar-refractivity contribution is 0.102. The number of nitrogens with zero attached hydrogens (tertiary/aromatic N) is 1. The quantitative estimate of drug-likeness (QED) is 0.870. The first-order valence-corrected chi connectivity index (χ1v) is 10.3. The highest BCUT2D eigenvalue weighted by Gasteiger charge is 2.24.